The molecule has 3 nitrogen and oxygen atoms in total. The fourth-order valence-electron chi connectivity index (χ4n) is 1.67. The Kier molecular flexibility index (Phi) is 4.44. The summed E-state index contributed by atoms with van der Waals surface area (Å²) in [5, 5.41) is 8.75. The molecule has 1 atom stereocenters. The summed E-state index contributed by atoms with van der Waals surface area (Å²) >= 11 is 0. The van der Waals surface area contributed by atoms with Crippen molar-refractivity contribution < 1.29 is 4.21 Å². The van der Waals surface area contributed by atoms with E-state index < -0.39 is 11.0 Å². The maximum absolute atomic E-state index is 12.1. The first kappa shape index (κ1) is 14.2. The average Bonchev–Trinajstić information content (AvgIpc) is 2.48. The van der Waals surface area contributed by atoms with Gasteiger partial charge in [0.25, 0.3) is 0 Å². The molecule has 100 valence electrons. The topological polar surface area (TPSA) is 53.2 Å². The van der Waals surface area contributed by atoms with Crippen LogP contribution >= 0.6 is 0 Å². The van der Waals surface area contributed by atoms with Crippen LogP contribution in [0.4, 0.5) is 0 Å². The summed E-state index contributed by atoms with van der Waals surface area (Å²) in [6, 6.07) is 16.6. The van der Waals surface area contributed by atoms with Crippen molar-refractivity contribution in [3.63, 3.8) is 0 Å². The molecule has 0 amide bonds. The fraction of sp³-hybridized carbons (Fsp3) is 0.125. The van der Waals surface area contributed by atoms with Gasteiger partial charge in [-0.05, 0) is 43.7 Å². The number of nitrogens with zero attached hydrogens (tertiary/aromatic N) is 2. The average molecular weight is 282 g/mol. The highest BCUT2D eigenvalue weighted by molar-refractivity contribution is 7.83. The summed E-state index contributed by atoms with van der Waals surface area (Å²) in [4.78, 5) is 0.684. The van der Waals surface area contributed by atoms with Crippen LogP contribution in [0.2, 0.25) is 0 Å². The first-order chi connectivity index (χ1) is 9.60. The second kappa shape index (κ2) is 6.27. The van der Waals surface area contributed by atoms with E-state index in [4.69, 9.17) is 5.26 Å². The molecule has 2 aromatic rings. The SMILES string of the molecule is CC(=NS(=O)c1ccc(C)cc1)c1ccc(C#N)cc1. The van der Waals surface area contributed by atoms with E-state index in [9.17, 15) is 4.21 Å². The maximum atomic E-state index is 12.1. The number of hydrogen-bond donors (Lipinski definition) is 0. The molecule has 2 aromatic carbocycles. The van der Waals surface area contributed by atoms with E-state index in [1.165, 1.54) is 0 Å². The van der Waals surface area contributed by atoms with Crippen LogP contribution < -0.4 is 0 Å². The van der Waals surface area contributed by atoms with Crippen LogP contribution in [0.5, 0.6) is 0 Å². The zero-order valence-corrected chi connectivity index (χ0v) is 12.1. The van der Waals surface area contributed by atoms with E-state index in [1.54, 1.807) is 12.1 Å². The molecule has 0 saturated heterocycles. The van der Waals surface area contributed by atoms with Crippen molar-refractivity contribution in [3.8, 4) is 6.07 Å². The molecule has 0 spiro atoms. The Hall–Kier alpha value is -2.25. The van der Waals surface area contributed by atoms with Gasteiger partial charge in [0, 0.05) is 0 Å². The van der Waals surface area contributed by atoms with Gasteiger partial charge in [0.1, 0.15) is 0 Å². The van der Waals surface area contributed by atoms with Gasteiger partial charge in [-0.2, -0.15) is 9.66 Å². The molecule has 20 heavy (non-hydrogen) atoms. The Labute approximate surface area is 121 Å². The molecule has 0 bridgehead atoms. The van der Waals surface area contributed by atoms with Gasteiger partial charge in [-0.25, -0.2) is 4.21 Å². The summed E-state index contributed by atoms with van der Waals surface area (Å²) in [7, 11) is -1.41. The van der Waals surface area contributed by atoms with E-state index in [0.717, 1.165) is 11.1 Å². The summed E-state index contributed by atoms with van der Waals surface area (Å²) in [6.45, 7) is 3.80. The van der Waals surface area contributed by atoms with Crippen LogP contribution in [0.3, 0.4) is 0 Å². The highest BCUT2D eigenvalue weighted by Gasteiger charge is 2.04. The highest BCUT2D eigenvalue weighted by Crippen LogP contribution is 2.12. The van der Waals surface area contributed by atoms with Crippen molar-refractivity contribution in [2.75, 3.05) is 0 Å². The van der Waals surface area contributed by atoms with Crippen molar-refractivity contribution in [3.05, 3.63) is 65.2 Å². The predicted molar refractivity (Wildman–Crippen MR) is 81.0 cm³/mol. The minimum absolute atomic E-state index is 0.598. The number of benzene rings is 2. The normalized spacial score (nSPS) is 12.8. The third-order valence-corrected chi connectivity index (χ3v) is 3.99. The zero-order chi connectivity index (χ0) is 14.5. The second-order valence-corrected chi connectivity index (χ2v) is 5.58. The van der Waals surface area contributed by atoms with Gasteiger partial charge in [-0.15, -0.1) is 0 Å². The van der Waals surface area contributed by atoms with Crippen LogP contribution in [0.25, 0.3) is 0 Å². The first-order valence-electron chi connectivity index (χ1n) is 6.14. The summed E-state index contributed by atoms with van der Waals surface area (Å²) < 4.78 is 16.3. The van der Waals surface area contributed by atoms with Crippen molar-refractivity contribution in [2.24, 2.45) is 4.40 Å². The fourth-order valence-corrected chi connectivity index (χ4v) is 2.50. The highest BCUT2D eigenvalue weighted by atomic mass is 32.2. The van der Waals surface area contributed by atoms with Crippen molar-refractivity contribution >= 4 is 16.7 Å². The molecule has 0 N–H and O–H groups in total. The van der Waals surface area contributed by atoms with Gasteiger partial charge in [-0.1, -0.05) is 29.8 Å². The number of rotatable bonds is 3. The van der Waals surface area contributed by atoms with E-state index in [0.29, 0.717) is 16.2 Å². The van der Waals surface area contributed by atoms with E-state index in [1.807, 2.05) is 50.2 Å². The van der Waals surface area contributed by atoms with Crippen LogP contribution in [0.15, 0.2) is 57.8 Å². The lowest BCUT2D eigenvalue weighted by atomic mass is 10.1. The Morgan fingerprint density at radius 3 is 2.25 bits per heavy atom. The lowest BCUT2D eigenvalue weighted by Crippen LogP contribution is -1.98. The Morgan fingerprint density at radius 2 is 1.70 bits per heavy atom. The van der Waals surface area contributed by atoms with Crippen molar-refractivity contribution in [1.82, 2.24) is 0 Å². The molecule has 0 fully saturated rings. The third kappa shape index (κ3) is 3.40. The number of hydrogen-bond acceptors (Lipinski definition) is 2. The predicted octanol–water partition coefficient (Wildman–Crippen LogP) is 3.40. The van der Waals surface area contributed by atoms with Gasteiger partial charge >= 0.3 is 0 Å². The Bertz CT molecular complexity index is 695. The smallest absolute Gasteiger partial charge is 0.172 e. The molecule has 4 heteroatoms. The maximum Gasteiger partial charge on any atom is 0.172 e. The largest absolute Gasteiger partial charge is 0.229 e. The molecular formula is C16H14N2OS. The quantitative estimate of drug-likeness (QED) is 0.810. The zero-order valence-electron chi connectivity index (χ0n) is 11.3. The molecule has 0 heterocycles. The van der Waals surface area contributed by atoms with Crippen molar-refractivity contribution in [2.45, 2.75) is 18.7 Å². The molecule has 0 aliphatic heterocycles. The van der Waals surface area contributed by atoms with Crippen LogP contribution in [-0.2, 0) is 11.0 Å². The van der Waals surface area contributed by atoms with Crippen LogP contribution in [-0.4, -0.2) is 9.92 Å². The summed E-state index contributed by atoms with van der Waals surface area (Å²) in [5.74, 6) is 0. The van der Waals surface area contributed by atoms with Crippen LogP contribution in [0.1, 0.15) is 23.6 Å². The summed E-state index contributed by atoms with van der Waals surface area (Å²) in [6.07, 6.45) is 0. The lowest BCUT2D eigenvalue weighted by molar-refractivity contribution is 0.684. The minimum atomic E-state index is -1.41. The molecule has 0 aliphatic carbocycles. The van der Waals surface area contributed by atoms with Gasteiger partial charge in [0.15, 0.2) is 11.0 Å². The summed E-state index contributed by atoms with van der Waals surface area (Å²) in [5.41, 5.74) is 3.28. The molecule has 2 rings (SSSR count). The van der Waals surface area contributed by atoms with Gasteiger partial charge < -0.3 is 0 Å². The van der Waals surface area contributed by atoms with E-state index in [-0.39, 0.29) is 0 Å². The lowest BCUT2D eigenvalue weighted by Gasteiger charge is -2.02. The molecule has 0 aliphatic rings. The number of aryl methyl sites for hydroxylation is 1. The number of nitriles is 1. The third-order valence-electron chi connectivity index (χ3n) is 2.87. The van der Waals surface area contributed by atoms with E-state index in [2.05, 4.69) is 10.5 Å². The molecule has 0 aromatic heterocycles. The van der Waals surface area contributed by atoms with Gasteiger partial charge in [-0.3, -0.25) is 0 Å². The standard InChI is InChI=1S/C16H14N2OS/c1-12-3-9-16(10-4-12)20(19)18-13(2)15-7-5-14(11-17)6-8-15/h3-10H,1-2H3. The molecule has 0 saturated carbocycles. The first-order valence-corrected chi connectivity index (χ1v) is 7.25. The van der Waals surface area contributed by atoms with E-state index >= 15 is 0 Å². The van der Waals surface area contributed by atoms with Crippen LogP contribution in [0, 0.1) is 18.3 Å². The molecular weight excluding hydrogens is 268 g/mol. The minimum Gasteiger partial charge on any atom is -0.229 e. The second-order valence-electron chi connectivity index (χ2n) is 4.43. The van der Waals surface area contributed by atoms with Gasteiger partial charge in [0.05, 0.1) is 22.2 Å². The Morgan fingerprint density at radius 1 is 1.10 bits per heavy atom. The van der Waals surface area contributed by atoms with Crippen molar-refractivity contribution in [1.29, 1.82) is 5.26 Å². The monoisotopic (exact) mass is 282 g/mol. The molecule has 0 radical (unpaired) electrons. The molecule has 1 unspecified atom stereocenters. The van der Waals surface area contributed by atoms with Gasteiger partial charge in [0.2, 0.25) is 0 Å². The Balaban J connectivity index is 2.22.